The molecule has 1 aliphatic carbocycles. The predicted molar refractivity (Wildman–Crippen MR) is 103 cm³/mol. The summed E-state index contributed by atoms with van der Waals surface area (Å²) in [7, 11) is 0. The van der Waals surface area contributed by atoms with E-state index < -0.39 is 0 Å². The molecule has 138 valence electrons. The van der Waals surface area contributed by atoms with E-state index >= 15 is 0 Å². The maximum absolute atomic E-state index is 12.5. The van der Waals surface area contributed by atoms with Gasteiger partial charge in [0, 0.05) is 12.6 Å². The highest BCUT2D eigenvalue weighted by molar-refractivity contribution is 7.09. The lowest BCUT2D eigenvalue weighted by Crippen LogP contribution is -2.41. The van der Waals surface area contributed by atoms with Gasteiger partial charge in [0.2, 0.25) is 0 Å². The third-order valence-electron chi connectivity index (χ3n) is 4.87. The second-order valence-corrected chi connectivity index (χ2v) is 7.56. The summed E-state index contributed by atoms with van der Waals surface area (Å²) in [5, 5.41) is 5.85. The lowest BCUT2D eigenvalue weighted by atomic mass is 9.86. The summed E-state index contributed by atoms with van der Waals surface area (Å²) in [6.45, 7) is 2.54. The smallest absolute Gasteiger partial charge is 0.273 e. The van der Waals surface area contributed by atoms with Crippen LogP contribution in [-0.4, -0.2) is 22.2 Å². The first-order valence-electron chi connectivity index (χ1n) is 8.94. The molecule has 0 aliphatic heterocycles. The molecule has 1 fully saturated rings. The lowest BCUT2D eigenvalue weighted by molar-refractivity contribution is 0.0915. The summed E-state index contributed by atoms with van der Waals surface area (Å²) in [6, 6.07) is 9.75. The molecule has 2 aromatic rings. The van der Waals surface area contributed by atoms with Crippen LogP contribution in [-0.2, 0) is 6.54 Å². The Morgan fingerprint density at radius 1 is 1.19 bits per heavy atom. The van der Waals surface area contributed by atoms with Gasteiger partial charge in [-0.3, -0.25) is 9.59 Å². The minimum Gasteiger partial charge on any atom is -0.395 e. The maximum Gasteiger partial charge on any atom is 0.273 e. The highest BCUT2D eigenvalue weighted by Gasteiger charge is 2.27. The van der Waals surface area contributed by atoms with Crippen LogP contribution in [0.5, 0.6) is 0 Å². The summed E-state index contributed by atoms with van der Waals surface area (Å²) in [5.74, 6) is -0.149. The van der Waals surface area contributed by atoms with Gasteiger partial charge in [-0.15, -0.1) is 0 Å². The van der Waals surface area contributed by atoms with Crippen molar-refractivity contribution in [3.05, 3.63) is 46.5 Å². The number of benzene rings is 1. The molecule has 7 heteroatoms. The van der Waals surface area contributed by atoms with E-state index in [0.717, 1.165) is 36.4 Å². The molecule has 1 aromatic heterocycles. The van der Waals surface area contributed by atoms with Crippen molar-refractivity contribution in [3.63, 3.8) is 0 Å². The number of anilines is 1. The molecule has 0 spiro atoms. The predicted octanol–water partition coefficient (Wildman–Crippen LogP) is 2.96. The summed E-state index contributed by atoms with van der Waals surface area (Å²) >= 11 is 0.976. The topological polar surface area (TPSA) is 97.1 Å². The third kappa shape index (κ3) is 4.22. The zero-order chi connectivity index (χ0) is 18.5. The zero-order valence-electron chi connectivity index (χ0n) is 14.8. The van der Waals surface area contributed by atoms with Crippen LogP contribution in [0.1, 0.15) is 58.3 Å². The molecule has 0 unspecified atom stereocenters. The van der Waals surface area contributed by atoms with E-state index in [9.17, 15) is 9.59 Å². The van der Waals surface area contributed by atoms with Crippen LogP contribution in [0, 0.1) is 5.92 Å². The molecule has 1 aliphatic rings. The molecule has 1 aromatic carbocycles. The average molecular weight is 372 g/mol. The van der Waals surface area contributed by atoms with Crippen molar-refractivity contribution in [1.29, 1.82) is 0 Å². The van der Waals surface area contributed by atoms with E-state index in [-0.39, 0.29) is 29.2 Å². The van der Waals surface area contributed by atoms with E-state index in [0.29, 0.717) is 17.3 Å². The van der Waals surface area contributed by atoms with Crippen molar-refractivity contribution < 1.29 is 9.59 Å². The van der Waals surface area contributed by atoms with Gasteiger partial charge < -0.3 is 16.4 Å². The number of aromatic nitrogens is 1. The van der Waals surface area contributed by atoms with Crippen molar-refractivity contribution in [2.24, 2.45) is 5.92 Å². The second-order valence-electron chi connectivity index (χ2n) is 6.78. The number of nitrogens with zero attached hydrogens (tertiary/aromatic N) is 1. The number of hydrogen-bond donors (Lipinski definition) is 3. The molecule has 3 rings (SSSR count). The van der Waals surface area contributed by atoms with Crippen LogP contribution in [0.15, 0.2) is 30.3 Å². The van der Waals surface area contributed by atoms with Gasteiger partial charge >= 0.3 is 0 Å². The number of nitrogens with two attached hydrogens (primary N) is 1. The monoisotopic (exact) mass is 372 g/mol. The first-order chi connectivity index (χ1) is 12.6. The fraction of sp³-hybridized carbons (Fsp3) is 0.421. The highest BCUT2D eigenvalue weighted by atomic mass is 32.1. The normalized spacial score (nSPS) is 19.7. The molecule has 1 saturated carbocycles. The Hall–Kier alpha value is -2.41. The van der Waals surface area contributed by atoms with Crippen LogP contribution in [0.25, 0.3) is 0 Å². The van der Waals surface area contributed by atoms with Gasteiger partial charge in [0.1, 0.15) is 4.88 Å². The first kappa shape index (κ1) is 18.4. The summed E-state index contributed by atoms with van der Waals surface area (Å²) in [5.41, 5.74) is 7.30. The van der Waals surface area contributed by atoms with Gasteiger partial charge in [-0.05, 0) is 35.9 Å². The van der Waals surface area contributed by atoms with Crippen LogP contribution < -0.4 is 16.4 Å². The Balaban J connectivity index is 1.63. The maximum atomic E-state index is 12.5. The minimum atomic E-state index is -0.368. The van der Waals surface area contributed by atoms with E-state index in [4.69, 9.17) is 5.73 Å². The van der Waals surface area contributed by atoms with Crippen molar-refractivity contribution in [2.75, 3.05) is 5.73 Å². The largest absolute Gasteiger partial charge is 0.395 e. The van der Waals surface area contributed by atoms with Crippen molar-refractivity contribution in [3.8, 4) is 0 Å². The van der Waals surface area contributed by atoms with Gasteiger partial charge in [-0.1, -0.05) is 50.1 Å². The van der Waals surface area contributed by atoms with E-state index in [1.165, 1.54) is 6.42 Å². The number of nitrogen functional groups attached to an aromatic ring is 1. The SMILES string of the molecule is C[C@H]1CCCC[C@@H]1NC(=O)c1snc(C(=O)NCc2ccccc2)c1N. The number of carbonyl (C=O) groups is 2. The third-order valence-corrected chi connectivity index (χ3v) is 5.73. The van der Waals surface area contributed by atoms with Gasteiger partial charge in [0.15, 0.2) is 5.69 Å². The number of rotatable bonds is 5. The molecular weight excluding hydrogens is 348 g/mol. The molecular formula is C19H24N4O2S. The quantitative estimate of drug-likeness (QED) is 0.752. The van der Waals surface area contributed by atoms with Crippen LogP contribution in [0.4, 0.5) is 5.69 Å². The van der Waals surface area contributed by atoms with Crippen LogP contribution >= 0.6 is 11.5 Å². The molecule has 2 atom stereocenters. The molecule has 1 heterocycles. The molecule has 0 saturated heterocycles. The average Bonchev–Trinajstić information content (AvgIpc) is 3.04. The first-order valence-corrected chi connectivity index (χ1v) is 9.71. The minimum absolute atomic E-state index is 0.118. The molecule has 4 N–H and O–H groups in total. The number of nitrogens with one attached hydrogen (secondary N) is 2. The number of amides is 2. The van der Waals surface area contributed by atoms with Gasteiger partial charge in [-0.25, -0.2) is 0 Å². The molecule has 2 amide bonds. The number of carbonyl (C=O) groups excluding carboxylic acids is 2. The van der Waals surface area contributed by atoms with E-state index in [2.05, 4.69) is 21.9 Å². The summed E-state index contributed by atoms with van der Waals surface area (Å²) in [4.78, 5) is 25.2. The highest BCUT2D eigenvalue weighted by Crippen LogP contribution is 2.26. The van der Waals surface area contributed by atoms with Crippen LogP contribution in [0.3, 0.4) is 0 Å². The van der Waals surface area contributed by atoms with Crippen LogP contribution in [0.2, 0.25) is 0 Å². The Labute approximate surface area is 157 Å². The Kier molecular flexibility index (Phi) is 5.88. The lowest BCUT2D eigenvalue weighted by Gasteiger charge is -2.29. The Bertz CT molecular complexity index is 775. The van der Waals surface area contributed by atoms with Gasteiger partial charge in [0.05, 0.1) is 5.69 Å². The molecule has 26 heavy (non-hydrogen) atoms. The Morgan fingerprint density at radius 3 is 2.65 bits per heavy atom. The van der Waals surface area contributed by atoms with Crippen molar-refractivity contribution >= 4 is 29.0 Å². The van der Waals surface area contributed by atoms with Gasteiger partial charge in [-0.2, -0.15) is 4.37 Å². The Morgan fingerprint density at radius 2 is 1.92 bits per heavy atom. The van der Waals surface area contributed by atoms with E-state index in [1.807, 2.05) is 30.3 Å². The van der Waals surface area contributed by atoms with Crippen molar-refractivity contribution in [1.82, 2.24) is 15.0 Å². The standard InChI is InChI=1S/C19H24N4O2S/c1-12-7-5-6-10-14(12)22-19(25)17-15(20)16(23-26-17)18(24)21-11-13-8-3-2-4-9-13/h2-4,8-9,12,14H,5-7,10-11,20H2,1H3,(H,21,24)(H,22,25)/t12-,14-/m0/s1. The van der Waals surface area contributed by atoms with Crippen molar-refractivity contribution in [2.45, 2.75) is 45.2 Å². The molecule has 0 bridgehead atoms. The second kappa shape index (κ2) is 8.31. The zero-order valence-corrected chi connectivity index (χ0v) is 15.6. The van der Waals surface area contributed by atoms with Gasteiger partial charge in [0.25, 0.3) is 11.8 Å². The summed E-state index contributed by atoms with van der Waals surface area (Å²) in [6.07, 6.45) is 4.44. The molecule has 6 nitrogen and oxygen atoms in total. The fourth-order valence-corrected chi connectivity index (χ4v) is 3.95. The van der Waals surface area contributed by atoms with E-state index in [1.54, 1.807) is 0 Å². The summed E-state index contributed by atoms with van der Waals surface area (Å²) < 4.78 is 4.10. The molecule has 0 radical (unpaired) electrons. The number of hydrogen-bond acceptors (Lipinski definition) is 5. The fourth-order valence-electron chi connectivity index (χ4n) is 3.25.